The van der Waals surface area contributed by atoms with Crippen LogP contribution in [0.4, 0.5) is 34.1 Å². The maximum Gasteiger partial charge on any atom is 0.0473 e. The van der Waals surface area contributed by atoms with Gasteiger partial charge < -0.3 is 9.80 Å². The molecule has 0 N–H and O–H groups in total. The molecule has 2 nitrogen and oxygen atoms in total. The number of anilines is 6. The van der Waals surface area contributed by atoms with Crippen LogP contribution in [-0.4, -0.2) is 0 Å². The summed E-state index contributed by atoms with van der Waals surface area (Å²) in [6, 6.07) is 79.4. The average Bonchev–Trinajstić information content (AvgIpc) is 3.28. The minimum atomic E-state index is 1.12. The molecule has 0 radical (unpaired) electrons. The molecule has 3 heteroatoms. The quantitative estimate of drug-likeness (QED) is 0.160. The minimum absolute atomic E-state index is 1.12. The first-order valence-electron chi connectivity index (χ1n) is 19.4. The Hall–Kier alpha value is -7.07. The highest BCUT2D eigenvalue weighted by molar-refractivity contribution is 7.99. The van der Waals surface area contributed by atoms with Gasteiger partial charge >= 0.3 is 0 Å². The summed E-state index contributed by atoms with van der Waals surface area (Å²) in [5.74, 6) is 0. The number of hydrogen-bond acceptors (Lipinski definition) is 3. The number of fused-ring (bicyclic) bond motifs is 4. The monoisotopic (exact) mass is 744 g/mol. The third kappa shape index (κ3) is 5.92. The highest BCUT2D eigenvalue weighted by Gasteiger charge is 2.23. The molecule has 0 fully saturated rings. The largest absolute Gasteiger partial charge is 0.310 e. The van der Waals surface area contributed by atoms with Gasteiger partial charge in [-0.1, -0.05) is 151 Å². The van der Waals surface area contributed by atoms with Gasteiger partial charge in [-0.05, 0) is 128 Å². The zero-order chi connectivity index (χ0) is 37.7. The van der Waals surface area contributed by atoms with Crippen molar-refractivity contribution < 1.29 is 0 Å². The van der Waals surface area contributed by atoms with Gasteiger partial charge in [0, 0.05) is 49.3 Å². The molecule has 1 heterocycles. The molecule has 0 amide bonds. The molecule has 0 saturated carbocycles. The van der Waals surface area contributed by atoms with E-state index in [1.54, 1.807) is 0 Å². The average molecular weight is 745 g/mol. The molecule has 11 rings (SSSR count). The molecule has 0 aromatic heterocycles. The molecule has 0 unspecified atom stereocenters. The van der Waals surface area contributed by atoms with Gasteiger partial charge in [-0.3, -0.25) is 0 Å². The summed E-state index contributed by atoms with van der Waals surface area (Å²) in [6.45, 7) is 0. The lowest BCUT2D eigenvalue weighted by Gasteiger charge is -2.28. The van der Waals surface area contributed by atoms with Crippen LogP contribution in [-0.2, 0) is 0 Å². The van der Waals surface area contributed by atoms with Crippen LogP contribution in [0.1, 0.15) is 0 Å². The lowest BCUT2D eigenvalue weighted by Crippen LogP contribution is -2.10. The van der Waals surface area contributed by atoms with Crippen LogP contribution >= 0.6 is 11.8 Å². The van der Waals surface area contributed by atoms with Gasteiger partial charge in [0.05, 0.1) is 0 Å². The molecular weight excluding hydrogens is 709 g/mol. The Morgan fingerprint density at radius 1 is 0.281 bits per heavy atom. The fourth-order valence-electron chi connectivity index (χ4n) is 8.48. The third-order valence-corrected chi connectivity index (χ3v) is 12.3. The number of nitrogens with zero attached hydrogens (tertiary/aromatic N) is 2. The van der Waals surface area contributed by atoms with Crippen molar-refractivity contribution in [1.82, 2.24) is 0 Å². The first-order chi connectivity index (χ1) is 28.2. The van der Waals surface area contributed by atoms with Crippen molar-refractivity contribution >= 4 is 78.2 Å². The zero-order valence-corrected chi connectivity index (χ0v) is 31.9. The summed E-state index contributed by atoms with van der Waals surface area (Å²) in [5, 5.41) is 7.53. The lowest BCUT2D eigenvalue weighted by atomic mass is 9.91. The second-order valence-electron chi connectivity index (χ2n) is 14.6. The second kappa shape index (κ2) is 13.9. The first-order valence-corrected chi connectivity index (χ1v) is 20.2. The van der Waals surface area contributed by atoms with E-state index in [4.69, 9.17) is 0 Å². The van der Waals surface area contributed by atoms with Crippen molar-refractivity contribution in [2.45, 2.75) is 9.79 Å². The molecule has 10 aromatic rings. The first kappa shape index (κ1) is 33.3. The Kier molecular flexibility index (Phi) is 8.12. The van der Waals surface area contributed by atoms with Crippen molar-refractivity contribution in [1.29, 1.82) is 0 Å². The fraction of sp³-hybridized carbons (Fsp3) is 0. The van der Waals surface area contributed by atoms with Gasteiger partial charge in [0.1, 0.15) is 0 Å². The Morgan fingerprint density at radius 2 is 0.754 bits per heavy atom. The maximum atomic E-state index is 2.37. The van der Waals surface area contributed by atoms with Gasteiger partial charge in [-0.25, -0.2) is 0 Å². The van der Waals surface area contributed by atoms with Crippen molar-refractivity contribution in [3.63, 3.8) is 0 Å². The van der Waals surface area contributed by atoms with Crippen LogP contribution in [0.5, 0.6) is 0 Å². The van der Waals surface area contributed by atoms with Crippen molar-refractivity contribution in [3.8, 4) is 22.3 Å². The molecule has 0 bridgehead atoms. The number of rotatable bonds is 7. The Labute approximate surface area is 336 Å². The predicted molar refractivity (Wildman–Crippen MR) is 243 cm³/mol. The standard InChI is InChI=1S/C54H36N2S/c1-3-16-42(17-4-1)55(45-28-22-37-12-7-9-14-40(37)34-45)44-26-24-39(25-27-44)48-32-33-51-49-31-30-47(36-53(49)57-52-21-11-20-50(48)54(51)52)56(43-18-5-2-6-19-43)46-29-23-38-13-8-10-15-41(38)35-46/h1-36H. The summed E-state index contributed by atoms with van der Waals surface area (Å²) < 4.78 is 0. The van der Waals surface area contributed by atoms with Gasteiger partial charge in [0.25, 0.3) is 0 Å². The minimum Gasteiger partial charge on any atom is -0.310 e. The molecule has 0 saturated heterocycles. The van der Waals surface area contributed by atoms with Gasteiger partial charge in [-0.15, -0.1) is 0 Å². The van der Waals surface area contributed by atoms with E-state index in [1.165, 1.54) is 64.4 Å². The Balaban J connectivity index is 0.970. The van der Waals surface area contributed by atoms with Crippen LogP contribution in [0.25, 0.3) is 54.6 Å². The van der Waals surface area contributed by atoms with Crippen LogP contribution in [0, 0.1) is 0 Å². The zero-order valence-electron chi connectivity index (χ0n) is 31.1. The molecule has 10 aromatic carbocycles. The summed E-state index contributed by atoms with van der Waals surface area (Å²) in [4.78, 5) is 7.26. The molecule has 0 spiro atoms. The van der Waals surface area contributed by atoms with Crippen molar-refractivity contribution in [2.24, 2.45) is 0 Å². The Bertz CT molecular complexity index is 3100. The fourth-order valence-corrected chi connectivity index (χ4v) is 9.65. The maximum absolute atomic E-state index is 2.37. The van der Waals surface area contributed by atoms with Gasteiger partial charge in [0.2, 0.25) is 0 Å². The van der Waals surface area contributed by atoms with Crippen LogP contribution < -0.4 is 9.80 Å². The van der Waals surface area contributed by atoms with Crippen LogP contribution in [0.15, 0.2) is 228 Å². The molecule has 268 valence electrons. The SMILES string of the molecule is c1ccc(N(c2ccc(-c3ccc4c5c(cccc35)Sc3cc(N(c5ccccc5)c5ccc6ccccc6c5)ccc3-4)cc2)c2ccc3ccccc3c2)cc1. The summed E-state index contributed by atoms with van der Waals surface area (Å²) in [7, 11) is 0. The van der Waals surface area contributed by atoms with Gasteiger partial charge in [-0.2, -0.15) is 0 Å². The van der Waals surface area contributed by atoms with Crippen molar-refractivity contribution in [2.75, 3.05) is 9.80 Å². The molecule has 1 aliphatic heterocycles. The predicted octanol–water partition coefficient (Wildman–Crippen LogP) is 15.9. The molecule has 1 aliphatic rings. The van der Waals surface area contributed by atoms with E-state index in [0.717, 1.165) is 34.1 Å². The van der Waals surface area contributed by atoms with E-state index in [0.29, 0.717) is 0 Å². The van der Waals surface area contributed by atoms with Crippen LogP contribution in [0.2, 0.25) is 0 Å². The lowest BCUT2D eigenvalue weighted by molar-refractivity contribution is 1.26. The number of benzene rings is 10. The second-order valence-corrected chi connectivity index (χ2v) is 15.7. The third-order valence-electron chi connectivity index (χ3n) is 11.2. The molecule has 0 atom stereocenters. The van der Waals surface area contributed by atoms with Crippen molar-refractivity contribution in [3.05, 3.63) is 218 Å². The van der Waals surface area contributed by atoms with E-state index in [1.807, 2.05) is 11.8 Å². The number of hydrogen-bond donors (Lipinski definition) is 0. The van der Waals surface area contributed by atoms with Crippen LogP contribution in [0.3, 0.4) is 0 Å². The summed E-state index contributed by atoms with van der Waals surface area (Å²) in [5.41, 5.74) is 11.8. The highest BCUT2D eigenvalue weighted by atomic mass is 32.2. The molecule has 0 aliphatic carbocycles. The molecular formula is C54H36N2S. The molecule has 57 heavy (non-hydrogen) atoms. The van der Waals surface area contributed by atoms with E-state index in [-0.39, 0.29) is 0 Å². The Morgan fingerprint density at radius 3 is 1.39 bits per heavy atom. The summed E-state index contributed by atoms with van der Waals surface area (Å²) >= 11 is 1.87. The number of para-hydroxylation sites is 2. The smallest absolute Gasteiger partial charge is 0.0473 e. The van der Waals surface area contributed by atoms with E-state index in [9.17, 15) is 0 Å². The summed E-state index contributed by atoms with van der Waals surface area (Å²) in [6.07, 6.45) is 0. The topological polar surface area (TPSA) is 6.48 Å². The van der Waals surface area contributed by atoms with E-state index >= 15 is 0 Å². The normalized spacial score (nSPS) is 11.8. The van der Waals surface area contributed by atoms with Gasteiger partial charge in [0.15, 0.2) is 0 Å². The highest BCUT2D eigenvalue weighted by Crippen LogP contribution is 2.51. The van der Waals surface area contributed by atoms with E-state index < -0.39 is 0 Å². The van der Waals surface area contributed by atoms with E-state index in [2.05, 4.69) is 228 Å².